The lowest BCUT2D eigenvalue weighted by Gasteiger charge is -2.19. The predicted molar refractivity (Wildman–Crippen MR) is 121 cm³/mol. The van der Waals surface area contributed by atoms with Crippen LogP contribution in [0.4, 0.5) is 10.2 Å². The largest absolute Gasteiger partial charge is 0.496 e. The molecule has 3 aromatic carbocycles. The van der Waals surface area contributed by atoms with Crippen molar-refractivity contribution < 1.29 is 13.9 Å². The molecule has 1 heterocycles. The summed E-state index contributed by atoms with van der Waals surface area (Å²) in [5.41, 5.74) is 1.02. The SMILES string of the molecule is COc1ccccc1-c1c(NC(=O)c2ccccc2F)n(-c2ccccc2)nc(C)c1=O. The Morgan fingerprint density at radius 1 is 0.969 bits per heavy atom. The zero-order chi connectivity index (χ0) is 22.7. The van der Waals surface area contributed by atoms with Crippen molar-refractivity contribution in [2.45, 2.75) is 6.92 Å². The van der Waals surface area contributed by atoms with Crippen LogP contribution in [0.3, 0.4) is 0 Å². The first-order valence-corrected chi connectivity index (χ1v) is 9.90. The van der Waals surface area contributed by atoms with Crippen LogP contribution in [0, 0.1) is 12.7 Å². The summed E-state index contributed by atoms with van der Waals surface area (Å²) in [6.45, 7) is 1.60. The average molecular weight is 429 g/mol. The van der Waals surface area contributed by atoms with Gasteiger partial charge in [-0.05, 0) is 37.3 Å². The fourth-order valence-electron chi connectivity index (χ4n) is 3.43. The number of benzene rings is 3. The van der Waals surface area contributed by atoms with Crippen LogP contribution in [0.2, 0.25) is 0 Å². The first kappa shape index (κ1) is 21.0. The smallest absolute Gasteiger partial charge is 0.259 e. The molecule has 7 heteroatoms. The fourth-order valence-corrected chi connectivity index (χ4v) is 3.43. The fraction of sp³-hybridized carbons (Fsp3) is 0.0800. The quantitative estimate of drug-likeness (QED) is 0.503. The normalized spacial score (nSPS) is 10.6. The van der Waals surface area contributed by atoms with Crippen molar-refractivity contribution in [2.75, 3.05) is 12.4 Å². The van der Waals surface area contributed by atoms with Crippen molar-refractivity contribution in [3.63, 3.8) is 0 Å². The first-order chi connectivity index (χ1) is 15.5. The average Bonchev–Trinajstić information content (AvgIpc) is 2.82. The van der Waals surface area contributed by atoms with E-state index in [1.165, 1.54) is 30.0 Å². The zero-order valence-electron chi connectivity index (χ0n) is 17.5. The molecule has 0 aliphatic carbocycles. The summed E-state index contributed by atoms with van der Waals surface area (Å²) >= 11 is 0. The number of ether oxygens (including phenoxy) is 1. The van der Waals surface area contributed by atoms with E-state index in [4.69, 9.17) is 4.74 Å². The van der Waals surface area contributed by atoms with Gasteiger partial charge in [-0.3, -0.25) is 9.59 Å². The molecule has 1 amide bonds. The number of hydrogen-bond donors (Lipinski definition) is 1. The number of hydrogen-bond acceptors (Lipinski definition) is 4. The van der Waals surface area contributed by atoms with Crippen LogP contribution in [0.15, 0.2) is 83.7 Å². The number of carbonyl (C=O) groups is 1. The van der Waals surface area contributed by atoms with Gasteiger partial charge in [0.2, 0.25) is 5.43 Å². The Morgan fingerprint density at radius 2 is 1.62 bits per heavy atom. The van der Waals surface area contributed by atoms with Gasteiger partial charge in [0.15, 0.2) is 0 Å². The van der Waals surface area contributed by atoms with E-state index in [1.54, 1.807) is 49.4 Å². The summed E-state index contributed by atoms with van der Waals surface area (Å²) in [6, 6.07) is 21.7. The highest BCUT2D eigenvalue weighted by molar-refractivity contribution is 6.06. The van der Waals surface area contributed by atoms with E-state index < -0.39 is 11.7 Å². The number of aryl methyl sites for hydroxylation is 1. The molecule has 0 unspecified atom stereocenters. The maximum atomic E-state index is 14.3. The molecule has 0 bridgehead atoms. The first-order valence-electron chi connectivity index (χ1n) is 9.90. The predicted octanol–water partition coefficient (Wildman–Crippen LogP) is 4.61. The van der Waals surface area contributed by atoms with E-state index in [9.17, 15) is 14.0 Å². The van der Waals surface area contributed by atoms with Gasteiger partial charge in [0.1, 0.15) is 23.1 Å². The number of methoxy groups -OCH3 is 1. The second-order valence-corrected chi connectivity index (χ2v) is 7.02. The van der Waals surface area contributed by atoms with E-state index in [0.717, 1.165) is 0 Å². The summed E-state index contributed by atoms with van der Waals surface area (Å²) < 4.78 is 21.2. The van der Waals surface area contributed by atoms with Crippen LogP contribution < -0.4 is 15.5 Å². The summed E-state index contributed by atoms with van der Waals surface area (Å²) in [5.74, 6) is -0.799. The zero-order valence-corrected chi connectivity index (χ0v) is 17.5. The molecule has 0 saturated heterocycles. The van der Waals surface area contributed by atoms with E-state index in [2.05, 4.69) is 10.4 Å². The van der Waals surface area contributed by atoms with Crippen LogP contribution in [0.5, 0.6) is 5.75 Å². The minimum atomic E-state index is -0.700. The second-order valence-electron chi connectivity index (χ2n) is 7.02. The lowest BCUT2D eigenvalue weighted by atomic mass is 10.0. The van der Waals surface area contributed by atoms with Crippen molar-refractivity contribution in [3.8, 4) is 22.6 Å². The molecule has 0 radical (unpaired) electrons. The van der Waals surface area contributed by atoms with Gasteiger partial charge < -0.3 is 10.1 Å². The molecule has 32 heavy (non-hydrogen) atoms. The third kappa shape index (κ3) is 3.88. The summed E-state index contributed by atoms with van der Waals surface area (Å²) in [5, 5.41) is 7.13. The monoisotopic (exact) mass is 429 g/mol. The van der Waals surface area contributed by atoms with Crippen molar-refractivity contribution >= 4 is 11.7 Å². The Labute approximate surface area is 183 Å². The van der Waals surface area contributed by atoms with Crippen molar-refractivity contribution in [3.05, 3.63) is 106 Å². The van der Waals surface area contributed by atoms with Gasteiger partial charge in [0.05, 0.1) is 23.9 Å². The third-order valence-electron chi connectivity index (χ3n) is 4.98. The van der Waals surface area contributed by atoms with Gasteiger partial charge in [0.25, 0.3) is 5.91 Å². The second kappa shape index (κ2) is 8.85. The molecule has 0 aliphatic heterocycles. The number of carbonyl (C=O) groups excluding carboxylic acids is 1. The molecule has 0 aliphatic rings. The number of anilines is 1. The highest BCUT2D eigenvalue weighted by atomic mass is 19.1. The Balaban J connectivity index is 2.01. The molecule has 6 nitrogen and oxygen atoms in total. The van der Waals surface area contributed by atoms with Gasteiger partial charge in [-0.25, -0.2) is 9.07 Å². The van der Waals surface area contributed by atoms with E-state index in [1.807, 2.05) is 18.2 Å². The number of para-hydroxylation sites is 2. The van der Waals surface area contributed by atoms with Crippen LogP contribution in [-0.2, 0) is 0 Å². The molecule has 4 rings (SSSR count). The van der Waals surface area contributed by atoms with Gasteiger partial charge in [-0.15, -0.1) is 0 Å². The molecule has 0 spiro atoms. The molecule has 0 fully saturated rings. The maximum absolute atomic E-state index is 14.3. The topological polar surface area (TPSA) is 73.2 Å². The highest BCUT2D eigenvalue weighted by Crippen LogP contribution is 2.33. The van der Waals surface area contributed by atoms with Crippen LogP contribution in [0.1, 0.15) is 16.1 Å². The minimum absolute atomic E-state index is 0.115. The van der Waals surface area contributed by atoms with Crippen molar-refractivity contribution in [1.29, 1.82) is 0 Å². The van der Waals surface area contributed by atoms with Crippen LogP contribution >= 0.6 is 0 Å². The number of nitrogens with zero attached hydrogens (tertiary/aromatic N) is 2. The Hall–Kier alpha value is -4.26. The molecule has 0 saturated carbocycles. The number of rotatable bonds is 5. The summed E-state index contributed by atoms with van der Waals surface area (Å²) in [4.78, 5) is 26.3. The third-order valence-corrected chi connectivity index (χ3v) is 4.98. The summed E-state index contributed by atoms with van der Waals surface area (Å²) in [7, 11) is 1.50. The van der Waals surface area contributed by atoms with Crippen LogP contribution in [-0.4, -0.2) is 22.8 Å². The van der Waals surface area contributed by atoms with Crippen LogP contribution in [0.25, 0.3) is 16.8 Å². The van der Waals surface area contributed by atoms with Gasteiger partial charge in [-0.2, -0.15) is 5.10 Å². The minimum Gasteiger partial charge on any atom is -0.496 e. The molecule has 1 aromatic heterocycles. The molecular weight excluding hydrogens is 409 g/mol. The number of aromatic nitrogens is 2. The van der Waals surface area contributed by atoms with Gasteiger partial charge in [-0.1, -0.05) is 48.5 Å². The molecule has 160 valence electrons. The molecule has 1 N–H and O–H groups in total. The standard InChI is InChI=1S/C25H20FN3O3/c1-16-23(30)22(19-13-7-9-15-21(19)32-2)24(29(28-16)17-10-4-3-5-11-17)27-25(31)18-12-6-8-14-20(18)26/h3-15H,1-2H3,(H,27,31). The maximum Gasteiger partial charge on any atom is 0.259 e. The lowest BCUT2D eigenvalue weighted by molar-refractivity contribution is 0.102. The highest BCUT2D eigenvalue weighted by Gasteiger charge is 2.23. The summed E-state index contributed by atoms with van der Waals surface area (Å²) in [6.07, 6.45) is 0. The Morgan fingerprint density at radius 3 is 2.34 bits per heavy atom. The number of nitrogens with one attached hydrogen (secondary N) is 1. The Kier molecular flexibility index (Phi) is 5.81. The lowest BCUT2D eigenvalue weighted by Crippen LogP contribution is -2.25. The van der Waals surface area contributed by atoms with E-state index in [0.29, 0.717) is 17.0 Å². The van der Waals surface area contributed by atoms with E-state index >= 15 is 0 Å². The Bertz CT molecular complexity index is 1350. The van der Waals surface area contributed by atoms with Gasteiger partial charge in [0, 0.05) is 5.56 Å². The van der Waals surface area contributed by atoms with E-state index in [-0.39, 0.29) is 28.1 Å². The molecular formula is C25H20FN3O3. The molecule has 0 atom stereocenters. The number of amides is 1. The van der Waals surface area contributed by atoms with Crippen molar-refractivity contribution in [1.82, 2.24) is 9.78 Å². The number of halogens is 1. The van der Waals surface area contributed by atoms with Gasteiger partial charge >= 0.3 is 0 Å². The van der Waals surface area contributed by atoms with Crippen molar-refractivity contribution in [2.24, 2.45) is 0 Å². The molecule has 4 aromatic rings.